The number of nitrogens with zero attached hydrogens (tertiary/aromatic N) is 3. The highest BCUT2D eigenvalue weighted by Crippen LogP contribution is 2.24. The van der Waals surface area contributed by atoms with Gasteiger partial charge in [0.25, 0.3) is 5.91 Å². The molecule has 3 rings (SSSR count). The number of carbonyl (C=O) groups excluding carboxylic acids is 1. The lowest BCUT2D eigenvalue weighted by Gasteiger charge is -2.34. The predicted molar refractivity (Wildman–Crippen MR) is 73.5 cm³/mol. The van der Waals surface area contributed by atoms with E-state index in [0.717, 1.165) is 11.1 Å². The molecule has 0 radical (unpaired) electrons. The molecular formula is C15H13N3O3. The number of rotatable bonds is 2. The summed E-state index contributed by atoms with van der Waals surface area (Å²) >= 11 is 0. The molecule has 0 saturated heterocycles. The van der Waals surface area contributed by atoms with Crippen molar-refractivity contribution in [3.05, 3.63) is 59.7 Å². The molecule has 0 bridgehead atoms. The fourth-order valence-electron chi connectivity index (χ4n) is 2.51. The Hall–Kier alpha value is -2.76. The highest BCUT2D eigenvalue weighted by atomic mass is 16.4. The molecule has 6 heteroatoms. The maximum absolute atomic E-state index is 12.5. The Labute approximate surface area is 121 Å². The number of carbonyl (C=O) groups is 2. The Bertz CT molecular complexity index is 688. The molecule has 21 heavy (non-hydrogen) atoms. The zero-order valence-electron chi connectivity index (χ0n) is 11.1. The first-order chi connectivity index (χ1) is 10.2. The maximum atomic E-state index is 12.5. The number of carboxylic acid groups (broad SMARTS) is 1. The molecule has 2 aromatic rings. The molecule has 1 aromatic heterocycles. The molecule has 0 spiro atoms. The standard InChI is InChI=1S/C15H13N3O3/c19-14(12-8-16-5-6-17-12)18-9-11-4-2-1-3-10(11)7-13(18)15(20)21/h1-6,8,13H,7,9H2,(H,20,21)/t13-/m1/s1. The Morgan fingerprint density at radius 1 is 1.19 bits per heavy atom. The van der Waals surface area contributed by atoms with Gasteiger partial charge in [-0.2, -0.15) is 0 Å². The van der Waals surface area contributed by atoms with E-state index in [1.165, 1.54) is 23.5 Å². The van der Waals surface area contributed by atoms with Crippen LogP contribution in [0.2, 0.25) is 0 Å². The third-order valence-corrected chi connectivity index (χ3v) is 3.58. The summed E-state index contributed by atoms with van der Waals surface area (Å²) in [6, 6.07) is 6.68. The van der Waals surface area contributed by atoms with E-state index >= 15 is 0 Å². The minimum absolute atomic E-state index is 0.156. The van der Waals surface area contributed by atoms with E-state index in [9.17, 15) is 14.7 Å². The Kier molecular flexibility index (Phi) is 3.35. The molecule has 0 unspecified atom stereocenters. The second-order valence-corrected chi connectivity index (χ2v) is 4.85. The lowest BCUT2D eigenvalue weighted by Crippen LogP contribution is -2.48. The smallest absolute Gasteiger partial charge is 0.326 e. The normalized spacial score (nSPS) is 17.1. The number of benzene rings is 1. The summed E-state index contributed by atoms with van der Waals surface area (Å²) in [6.07, 6.45) is 4.54. The van der Waals surface area contributed by atoms with Gasteiger partial charge < -0.3 is 10.0 Å². The molecule has 1 amide bonds. The number of amides is 1. The molecule has 2 heterocycles. The van der Waals surface area contributed by atoms with Crippen LogP contribution in [0.15, 0.2) is 42.9 Å². The second kappa shape index (κ2) is 5.32. The Morgan fingerprint density at radius 2 is 1.95 bits per heavy atom. The Balaban J connectivity index is 1.96. The van der Waals surface area contributed by atoms with Crippen molar-refractivity contribution in [1.29, 1.82) is 0 Å². The van der Waals surface area contributed by atoms with Crippen molar-refractivity contribution in [3.8, 4) is 0 Å². The van der Waals surface area contributed by atoms with Crippen LogP contribution in [-0.4, -0.2) is 37.9 Å². The average molecular weight is 283 g/mol. The predicted octanol–water partition coefficient (Wildman–Crippen LogP) is 1.13. The van der Waals surface area contributed by atoms with Crippen LogP contribution in [0.25, 0.3) is 0 Å². The van der Waals surface area contributed by atoms with Gasteiger partial charge in [0.2, 0.25) is 0 Å². The van der Waals surface area contributed by atoms with E-state index in [4.69, 9.17) is 0 Å². The summed E-state index contributed by atoms with van der Waals surface area (Å²) in [7, 11) is 0. The minimum atomic E-state index is -1.01. The molecule has 0 fully saturated rings. The van der Waals surface area contributed by atoms with E-state index in [0.29, 0.717) is 6.42 Å². The zero-order chi connectivity index (χ0) is 14.8. The number of fused-ring (bicyclic) bond motifs is 1. The van der Waals surface area contributed by atoms with Gasteiger partial charge in [0.1, 0.15) is 11.7 Å². The van der Waals surface area contributed by atoms with Crippen LogP contribution >= 0.6 is 0 Å². The summed E-state index contributed by atoms with van der Waals surface area (Å²) in [6.45, 7) is 0.266. The van der Waals surface area contributed by atoms with Gasteiger partial charge in [-0.1, -0.05) is 24.3 Å². The first-order valence-corrected chi connectivity index (χ1v) is 6.53. The summed E-state index contributed by atoms with van der Waals surface area (Å²) < 4.78 is 0. The number of carboxylic acids is 1. The van der Waals surface area contributed by atoms with E-state index in [1.54, 1.807) is 0 Å². The summed E-state index contributed by atoms with van der Waals surface area (Å²) in [5, 5.41) is 9.40. The number of hydrogen-bond donors (Lipinski definition) is 1. The van der Waals surface area contributed by atoms with Crippen LogP contribution in [-0.2, 0) is 17.8 Å². The molecule has 0 saturated carbocycles. The maximum Gasteiger partial charge on any atom is 0.326 e. The van der Waals surface area contributed by atoms with E-state index in [1.807, 2.05) is 24.3 Å². The summed E-state index contributed by atoms with van der Waals surface area (Å²) in [4.78, 5) is 33.1. The van der Waals surface area contributed by atoms with E-state index in [2.05, 4.69) is 9.97 Å². The fourth-order valence-corrected chi connectivity index (χ4v) is 2.51. The van der Waals surface area contributed by atoms with Crippen LogP contribution in [0.1, 0.15) is 21.6 Å². The van der Waals surface area contributed by atoms with E-state index in [-0.39, 0.29) is 12.2 Å². The van der Waals surface area contributed by atoms with Crippen LogP contribution in [0.5, 0.6) is 0 Å². The third kappa shape index (κ3) is 2.47. The zero-order valence-corrected chi connectivity index (χ0v) is 11.1. The SMILES string of the molecule is O=C(O)[C@H]1Cc2ccccc2CN1C(=O)c1cnccn1. The van der Waals surface area contributed by atoms with Crippen molar-refractivity contribution in [2.75, 3.05) is 0 Å². The largest absolute Gasteiger partial charge is 0.480 e. The first-order valence-electron chi connectivity index (χ1n) is 6.53. The lowest BCUT2D eigenvalue weighted by atomic mass is 9.93. The van der Waals surface area contributed by atoms with Crippen molar-refractivity contribution in [1.82, 2.24) is 14.9 Å². The molecule has 1 aliphatic heterocycles. The van der Waals surface area contributed by atoms with Crippen molar-refractivity contribution in [2.24, 2.45) is 0 Å². The third-order valence-electron chi connectivity index (χ3n) is 3.58. The molecule has 106 valence electrons. The van der Waals surface area contributed by atoms with Gasteiger partial charge in [0.15, 0.2) is 0 Å². The van der Waals surface area contributed by atoms with Crippen molar-refractivity contribution >= 4 is 11.9 Å². The highest BCUT2D eigenvalue weighted by molar-refractivity contribution is 5.95. The highest BCUT2D eigenvalue weighted by Gasteiger charge is 2.35. The number of hydrogen-bond acceptors (Lipinski definition) is 4. The van der Waals surface area contributed by atoms with Gasteiger partial charge in [-0.15, -0.1) is 0 Å². The van der Waals surface area contributed by atoms with Crippen molar-refractivity contribution < 1.29 is 14.7 Å². The van der Waals surface area contributed by atoms with Gasteiger partial charge >= 0.3 is 5.97 Å². The van der Waals surface area contributed by atoms with E-state index < -0.39 is 17.9 Å². The molecule has 1 aliphatic rings. The molecule has 6 nitrogen and oxygen atoms in total. The lowest BCUT2D eigenvalue weighted by molar-refractivity contribution is -0.142. The first kappa shape index (κ1) is 13.2. The van der Waals surface area contributed by atoms with Crippen LogP contribution in [0.3, 0.4) is 0 Å². The van der Waals surface area contributed by atoms with Gasteiger partial charge in [-0.25, -0.2) is 9.78 Å². The monoisotopic (exact) mass is 283 g/mol. The molecule has 1 N–H and O–H groups in total. The molecule has 1 aromatic carbocycles. The molecule has 1 atom stereocenters. The topological polar surface area (TPSA) is 83.4 Å². The quantitative estimate of drug-likeness (QED) is 0.893. The second-order valence-electron chi connectivity index (χ2n) is 4.85. The van der Waals surface area contributed by atoms with Crippen LogP contribution in [0, 0.1) is 0 Å². The summed E-state index contributed by atoms with van der Waals surface area (Å²) in [5.74, 6) is -1.42. The van der Waals surface area contributed by atoms with Gasteiger partial charge in [0.05, 0.1) is 6.20 Å². The molecular weight excluding hydrogens is 270 g/mol. The molecule has 0 aliphatic carbocycles. The minimum Gasteiger partial charge on any atom is -0.480 e. The Morgan fingerprint density at radius 3 is 2.62 bits per heavy atom. The average Bonchev–Trinajstić information content (AvgIpc) is 2.53. The number of aromatic nitrogens is 2. The van der Waals surface area contributed by atoms with Crippen LogP contribution in [0.4, 0.5) is 0 Å². The van der Waals surface area contributed by atoms with Crippen LogP contribution < -0.4 is 0 Å². The van der Waals surface area contributed by atoms with Gasteiger partial charge in [-0.3, -0.25) is 9.78 Å². The fraction of sp³-hybridized carbons (Fsp3) is 0.200. The van der Waals surface area contributed by atoms with Crippen molar-refractivity contribution in [2.45, 2.75) is 19.0 Å². The van der Waals surface area contributed by atoms with Crippen molar-refractivity contribution in [3.63, 3.8) is 0 Å². The number of aliphatic carboxylic acids is 1. The van der Waals surface area contributed by atoms with Gasteiger partial charge in [-0.05, 0) is 11.1 Å². The van der Waals surface area contributed by atoms with Gasteiger partial charge in [0, 0.05) is 25.4 Å². The summed E-state index contributed by atoms with van der Waals surface area (Å²) in [5.41, 5.74) is 2.09.